The molecule has 0 fully saturated rings. The Hall–Kier alpha value is -1.77. The smallest absolute Gasteiger partial charge is 0.253 e. The highest BCUT2D eigenvalue weighted by molar-refractivity contribution is 5.99. The van der Waals surface area contributed by atoms with Gasteiger partial charge >= 0.3 is 0 Å². The molecular formula is C14H18N2O. The molecule has 0 aromatic heterocycles. The highest BCUT2D eigenvalue weighted by Crippen LogP contribution is 2.16. The molecule has 0 saturated carbocycles. The molecule has 1 amide bonds. The topological polar surface area (TPSA) is 41.1 Å². The molecule has 1 aromatic rings. The van der Waals surface area contributed by atoms with Crippen LogP contribution in [0.5, 0.6) is 0 Å². The van der Waals surface area contributed by atoms with Gasteiger partial charge in [-0.25, -0.2) is 0 Å². The van der Waals surface area contributed by atoms with E-state index in [2.05, 4.69) is 22.8 Å². The van der Waals surface area contributed by atoms with Crippen molar-refractivity contribution in [1.82, 2.24) is 5.32 Å². The van der Waals surface area contributed by atoms with E-state index in [1.165, 1.54) is 0 Å². The van der Waals surface area contributed by atoms with Crippen LogP contribution in [0.2, 0.25) is 0 Å². The number of benzene rings is 1. The maximum absolute atomic E-state index is 12.1. The van der Waals surface area contributed by atoms with Crippen molar-refractivity contribution in [2.24, 2.45) is 0 Å². The van der Waals surface area contributed by atoms with E-state index in [4.69, 9.17) is 0 Å². The van der Waals surface area contributed by atoms with Crippen LogP contribution >= 0.6 is 0 Å². The Kier molecular flexibility index (Phi) is 3.81. The zero-order valence-corrected chi connectivity index (χ0v) is 10.1. The normalized spacial score (nSPS) is 18.8. The van der Waals surface area contributed by atoms with Crippen molar-refractivity contribution in [3.8, 4) is 0 Å². The SMILES string of the molecule is CNc1ccccc1C(=O)NC1CC=CCC1. The first kappa shape index (κ1) is 11.7. The van der Waals surface area contributed by atoms with Crippen LogP contribution in [0.15, 0.2) is 36.4 Å². The molecular weight excluding hydrogens is 212 g/mol. The summed E-state index contributed by atoms with van der Waals surface area (Å²) in [6.07, 6.45) is 7.33. The van der Waals surface area contributed by atoms with Gasteiger partial charge in [0.25, 0.3) is 5.91 Å². The van der Waals surface area contributed by atoms with Gasteiger partial charge in [-0.2, -0.15) is 0 Å². The van der Waals surface area contributed by atoms with Gasteiger partial charge in [0.2, 0.25) is 0 Å². The van der Waals surface area contributed by atoms with Crippen LogP contribution in [0.3, 0.4) is 0 Å². The predicted octanol–water partition coefficient (Wildman–Crippen LogP) is 2.57. The lowest BCUT2D eigenvalue weighted by atomic mass is 10.0. The van der Waals surface area contributed by atoms with Crippen LogP contribution in [0.25, 0.3) is 0 Å². The maximum Gasteiger partial charge on any atom is 0.253 e. The molecule has 1 atom stereocenters. The minimum absolute atomic E-state index is 0.00949. The molecule has 2 N–H and O–H groups in total. The first-order valence-corrected chi connectivity index (χ1v) is 6.04. The van der Waals surface area contributed by atoms with E-state index in [1.807, 2.05) is 31.3 Å². The molecule has 0 bridgehead atoms. The van der Waals surface area contributed by atoms with E-state index in [0.717, 1.165) is 24.9 Å². The third-order valence-electron chi connectivity index (χ3n) is 3.05. The molecule has 1 aromatic carbocycles. The van der Waals surface area contributed by atoms with Crippen molar-refractivity contribution in [3.05, 3.63) is 42.0 Å². The highest BCUT2D eigenvalue weighted by Gasteiger charge is 2.15. The molecule has 0 saturated heterocycles. The van der Waals surface area contributed by atoms with Gasteiger partial charge < -0.3 is 10.6 Å². The van der Waals surface area contributed by atoms with Crippen molar-refractivity contribution in [2.75, 3.05) is 12.4 Å². The summed E-state index contributed by atoms with van der Waals surface area (Å²) < 4.78 is 0. The molecule has 17 heavy (non-hydrogen) atoms. The first-order valence-electron chi connectivity index (χ1n) is 6.04. The van der Waals surface area contributed by atoms with Crippen LogP contribution in [0, 0.1) is 0 Å². The van der Waals surface area contributed by atoms with Gasteiger partial charge in [0, 0.05) is 18.8 Å². The molecule has 1 aliphatic rings. The van der Waals surface area contributed by atoms with E-state index in [0.29, 0.717) is 5.56 Å². The average Bonchev–Trinajstić information content (AvgIpc) is 2.40. The monoisotopic (exact) mass is 230 g/mol. The zero-order chi connectivity index (χ0) is 12.1. The Balaban J connectivity index is 2.06. The van der Waals surface area contributed by atoms with E-state index in [-0.39, 0.29) is 11.9 Å². The Morgan fingerprint density at radius 3 is 2.82 bits per heavy atom. The number of hydrogen-bond donors (Lipinski definition) is 2. The van der Waals surface area contributed by atoms with Crippen molar-refractivity contribution in [3.63, 3.8) is 0 Å². The summed E-state index contributed by atoms with van der Waals surface area (Å²) in [6.45, 7) is 0. The standard InChI is InChI=1S/C14H18N2O/c1-15-13-10-6-5-9-12(13)14(17)16-11-7-3-2-4-8-11/h2-3,5-6,9-11,15H,4,7-8H2,1H3,(H,16,17). The number of rotatable bonds is 3. The van der Waals surface area contributed by atoms with Crippen LogP contribution in [0.1, 0.15) is 29.6 Å². The molecule has 0 spiro atoms. The number of carbonyl (C=O) groups excluding carboxylic acids is 1. The lowest BCUT2D eigenvalue weighted by Gasteiger charge is -2.20. The minimum Gasteiger partial charge on any atom is -0.387 e. The van der Waals surface area contributed by atoms with Crippen LogP contribution in [-0.2, 0) is 0 Å². The summed E-state index contributed by atoms with van der Waals surface area (Å²) in [5.74, 6) is 0.00949. The number of nitrogens with one attached hydrogen (secondary N) is 2. The van der Waals surface area contributed by atoms with Gasteiger partial charge in [0.05, 0.1) is 5.56 Å². The van der Waals surface area contributed by atoms with Crippen molar-refractivity contribution in [2.45, 2.75) is 25.3 Å². The van der Waals surface area contributed by atoms with E-state index >= 15 is 0 Å². The Morgan fingerprint density at radius 2 is 2.12 bits per heavy atom. The Labute approximate surface area is 102 Å². The Morgan fingerprint density at radius 1 is 1.29 bits per heavy atom. The zero-order valence-electron chi connectivity index (χ0n) is 10.1. The summed E-state index contributed by atoms with van der Waals surface area (Å²) in [5.41, 5.74) is 1.58. The molecule has 90 valence electrons. The number of hydrogen-bond acceptors (Lipinski definition) is 2. The molecule has 3 nitrogen and oxygen atoms in total. The second kappa shape index (κ2) is 5.53. The summed E-state index contributed by atoms with van der Waals surface area (Å²) >= 11 is 0. The summed E-state index contributed by atoms with van der Waals surface area (Å²) in [4.78, 5) is 12.1. The maximum atomic E-state index is 12.1. The van der Waals surface area contributed by atoms with Gasteiger partial charge in [-0.15, -0.1) is 0 Å². The molecule has 0 aliphatic heterocycles. The van der Waals surface area contributed by atoms with Gasteiger partial charge in [-0.1, -0.05) is 24.3 Å². The van der Waals surface area contributed by atoms with Crippen molar-refractivity contribution < 1.29 is 4.79 Å². The minimum atomic E-state index is 0.00949. The van der Waals surface area contributed by atoms with Crippen LogP contribution in [-0.4, -0.2) is 19.0 Å². The second-order valence-corrected chi connectivity index (χ2v) is 4.25. The van der Waals surface area contributed by atoms with Crippen LogP contribution in [0.4, 0.5) is 5.69 Å². The lowest BCUT2D eigenvalue weighted by Crippen LogP contribution is -2.35. The van der Waals surface area contributed by atoms with Gasteiger partial charge in [0.1, 0.15) is 0 Å². The predicted molar refractivity (Wildman–Crippen MR) is 70.2 cm³/mol. The van der Waals surface area contributed by atoms with Gasteiger partial charge in [-0.05, 0) is 31.4 Å². The molecule has 1 aliphatic carbocycles. The van der Waals surface area contributed by atoms with E-state index in [9.17, 15) is 4.79 Å². The van der Waals surface area contributed by atoms with E-state index < -0.39 is 0 Å². The first-order chi connectivity index (χ1) is 8.31. The number of carbonyl (C=O) groups is 1. The second-order valence-electron chi connectivity index (χ2n) is 4.25. The van der Waals surface area contributed by atoms with Crippen molar-refractivity contribution >= 4 is 11.6 Å². The quantitative estimate of drug-likeness (QED) is 0.784. The summed E-state index contributed by atoms with van der Waals surface area (Å²) in [5, 5.41) is 6.12. The Bertz CT molecular complexity index is 426. The fourth-order valence-corrected chi connectivity index (χ4v) is 2.09. The largest absolute Gasteiger partial charge is 0.387 e. The molecule has 3 heteroatoms. The van der Waals surface area contributed by atoms with E-state index in [1.54, 1.807) is 0 Å². The highest BCUT2D eigenvalue weighted by atomic mass is 16.1. The molecule has 0 radical (unpaired) electrons. The number of anilines is 1. The third kappa shape index (κ3) is 2.87. The molecule has 1 unspecified atom stereocenters. The fraction of sp³-hybridized carbons (Fsp3) is 0.357. The summed E-state index contributed by atoms with van der Waals surface area (Å²) in [7, 11) is 1.83. The fourth-order valence-electron chi connectivity index (χ4n) is 2.09. The number of allylic oxidation sites excluding steroid dienone is 1. The summed E-state index contributed by atoms with van der Waals surface area (Å²) in [6, 6.07) is 7.84. The molecule has 0 heterocycles. The number of amides is 1. The van der Waals surface area contributed by atoms with Gasteiger partial charge in [0.15, 0.2) is 0 Å². The molecule has 2 rings (SSSR count). The van der Waals surface area contributed by atoms with Gasteiger partial charge in [-0.3, -0.25) is 4.79 Å². The lowest BCUT2D eigenvalue weighted by molar-refractivity contribution is 0.0935. The third-order valence-corrected chi connectivity index (χ3v) is 3.05. The average molecular weight is 230 g/mol. The number of para-hydroxylation sites is 1. The van der Waals surface area contributed by atoms with Crippen LogP contribution < -0.4 is 10.6 Å². The van der Waals surface area contributed by atoms with Crippen molar-refractivity contribution in [1.29, 1.82) is 0 Å².